The summed E-state index contributed by atoms with van der Waals surface area (Å²) < 4.78 is 38.5. The van der Waals surface area contributed by atoms with Crippen molar-refractivity contribution in [2.75, 3.05) is 26.2 Å². The van der Waals surface area contributed by atoms with E-state index in [-0.39, 0.29) is 43.2 Å². The van der Waals surface area contributed by atoms with Gasteiger partial charge in [-0.25, -0.2) is 4.79 Å². The highest BCUT2D eigenvalue weighted by Gasteiger charge is 2.49. The Morgan fingerprint density at radius 2 is 1.52 bits per heavy atom. The van der Waals surface area contributed by atoms with Crippen molar-refractivity contribution in [2.24, 2.45) is 5.92 Å². The SMILES string of the molecule is CC(C)(C)N1CC2CCC(C1)N2C(=O)N1CCC(C(F)(F)F)C1. The van der Waals surface area contributed by atoms with Crippen molar-refractivity contribution in [1.29, 1.82) is 0 Å². The fourth-order valence-corrected chi connectivity index (χ4v) is 4.13. The first-order valence-electron chi connectivity index (χ1n) is 8.46. The fourth-order valence-electron chi connectivity index (χ4n) is 4.13. The van der Waals surface area contributed by atoms with Crippen LogP contribution in [-0.2, 0) is 0 Å². The molecule has 0 aromatic heterocycles. The summed E-state index contributed by atoms with van der Waals surface area (Å²) in [7, 11) is 0. The van der Waals surface area contributed by atoms with Crippen LogP contribution in [0.2, 0.25) is 0 Å². The number of hydrogen-bond donors (Lipinski definition) is 0. The number of piperazine rings is 1. The summed E-state index contributed by atoms with van der Waals surface area (Å²) in [6, 6.07) is 0.105. The molecule has 3 unspecified atom stereocenters. The first-order chi connectivity index (χ1) is 10.6. The predicted molar refractivity (Wildman–Crippen MR) is 81.1 cm³/mol. The molecule has 3 aliphatic rings. The Kier molecular flexibility index (Phi) is 4.06. The molecule has 3 atom stereocenters. The van der Waals surface area contributed by atoms with Gasteiger partial charge in [-0.05, 0) is 40.0 Å². The lowest BCUT2D eigenvalue weighted by atomic mass is 10.0. The summed E-state index contributed by atoms with van der Waals surface area (Å²) in [6.07, 6.45) is -2.25. The molecule has 3 rings (SSSR count). The number of urea groups is 1. The second-order valence-corrected chi connectivity index (χ2v) is 8.12. The Bertz CT molecular complexity index is 460. The van der Waals surface area contributed by atoms with Crippen LogP contribution in [0.15, 0.2) is 0 Å². The zero-order valence-electron chi connectivity index (χ0n) is 14.1. The van der Waals surface area contributed by atoms with Gasteiger partial charge in [-0.1, -0.05) is 0 Å². The van der Waals surface area contributed by atoms with Gasteiger partial charge in [0, 0.05) is 43.8 Å². The molecule has 132 valence electrons. The van der Waals surface area contributed by atoms with E-state index < -0.39 is 12.1 Å². The van der Waals surface area contributed by atoms with Gasteiger partial charge in [0.05, 0.1) is 5.92 Å². The van der Waals surface area contributed by atoms with E-state index in [4.69, 9.17) is 0 Å². The zero-order chi connectivity index (χ0) is 17.0. The van der Waals surface area contributed by atoms with Gasteiger partial charge in [-0.2, -0.15) is 13.2 Å². The largest absolute Gasteiger partial charge is 0.393 e. The number of hydrogen-bond acceptors (Lipinski definition) is 2. The van der Waals surface area contributed by atoms with Crippen LogP contribution in [0.4, 0.5) is 18.0 Å². The summed E-state index contributed by atoms with van der Waals surface area (Å²) in [6.45, 7) is 8.18. The Hall–Kier alpha value is -0.980. The van der Waals surface area contributed by atoms with Crippen molar-refractivity contribution < 1.29 is 18.0 Å². The van der Waals surface area contributed by atoms with Gasteiger partial charge in [0.15, 0.2) is 0 Å². The van der Waals surface area contributed by atoms with Gasteiger partial charge in [0.1, 0.15) is 0 Å². The van der Waals surface area contributed by atoms with Crippen LogP contribution in [0.3, 0.4) is 0 Å². The number of rotatable bonds is 0. The van der Waals surface area contributed by atoms with Crippen LogP contribution in [0.25, 0.3) is 0 Å². The van der Waals surface area contributed by atoms with E-state index in [2.05, 4.69) is 25.7 Å². The standard InChI is InChI=1S/C16H26F3N3O/c1-15(2,3)21-9-12-4-5-13(10-21)22(12)14(23)20-7-6-11(8-20)16(17,18)19/h11-13H,4-10H2,1-3H3. The molecular weight excluding hydrogens is 307 g/mol. The summed E-state index contributed by atoms with van der Waals surface area (Å²) in [4.78, 5) is 18.4. The Balaban J connectivity index is 1.66. The second kappa shape index (κ2) is 5.53. The van der Waals surface area contributed by atoms with E-state index in [9.17, 15) is 18.0 Å². The maximum Gasteiger partial charge on any atom is 0.393 e. The van der Waals surface area contributed by atoms with E-state index in [0.717, 1.165) is 25.9 Å². The number of amides is 2. The highest BCUT2D eigenvalue weighted by atomic mass is 19.4. The minimum absolute atomic E-state index is 0.0343. The molecule has 0 aromatic carbocycles. The first-order valence-corrected chi connectivity index (χ1v) is 8.46. The van der Waals surface area contributed by atoms with E-state index in [1.807, 2.05) is 4.90 Å². The maximum atomic E-state index is 12.8. The average Bonchev–Trinajstić information content (AvgIpc) is 3.00. The molecule has 2 bridgehead atoms. The molecule has 0 radical (unpaired) electrons. The Labute approximate surface area is 135 Å². The first kappa shape index (κ1) is 16.9. The van der Waals surface area contributed by atoms with Crippen molar-refractivity contribution in [3.8, 4) is 0 Å². The highest BCUT2D eigenvalue weighted by molar-refractivity contribution is 5.76. The molecule has 0 saturated carbocycles. The van der Waals surface area contributed by atoms with Gasteiger partial charge < -0.3 is 9.80 Å². The fraction of sp³-hybridized carbons (Fsp3) is 0.938. The summed E-state index contributed by atoms with van der Waals surface area (Å²) >= 11 is 0. The van der Waals surface area contributed by atoms with Crippen LogP contribution in [-0.4, -0.2) is 70.7 Å². The highest BCUT2D eigenvalue weighted by Crippen LogP contribution is 2.37. The van der Waals surface area contributed by atoms with Crippen molar-refractivity contribution >= 4 is 6.03 Å². The minimum Gasteiger partial charge on any atom is -0.324 e. The number of fused-ring (bicyclic) bond motifs is 2. The second-order valence-electron chi connectivity index (χ2n) is 8.12. The lowest BCUT2D eigenvalue weighted by Crippen LogP contribution is -2.62. The number of halogens is 3. The smallest absolute Gasteiger partial charge is 0.324 e. The molecule has 4 nitrogen and oxygen atoms in total. The van der Waals surface area contributed by atoms with Crippen molar-refractivity contribution in [2.45, 2.75) is 63.8 Å². The number of alkyl halides is 3. The topological polar surface area (TPSA) is 26.8 Å². The van der Waals surface area contributed by atoms with Crippen molar-refractivity contribution in [1.82, 2.24) is 14.7 Å². The minimum atomic E-state index is -4.20. The maximum absolute atomic E-state index is 12.8. The number of likely N-dealkylation sites (tertiary alicyclic amines) is 2. The summed E-state index contributed by atoms with van der Waals surface area (Å²) in [5, 5.41) is 0. The molecule has 3 fully saturated rings. The molecule has 0 spiro atoms. The van der Waals surface area contributed by atoms with Crippen LogP contribution in [0, 0.1) is 5.92 Å². The monoisotopic (exact) mass is 333 g/mol. The van der Waals surface area contributed by atoms with E-state index in [0.29, 0.717) is 0 Å². The number of carbonyl (C=O) groups excluding carboxylic acids is 1. The van der Waals surface area contributed by atoms with E-state index in [1.165, 1.54) is 4.90 Å². The van der Waals surface area contributed by atoms with Crippen LogP contribution >= 0.6 is 0 Å². The van der Waals surface area contributed by atoms with Gasteiger partial charge in [0.25, 0.3) is 0 Å². The van der Waals surface area contributed by atoms with Crippen molar-refractivity contribution in [3.63, 3.8) is 0 Å². The molecule has 2 amide bonds. The molecule has 0 aromatic rings. The van der Waals surface area contributed by atoms with E-state index in [1.54, 1.807) is 0 Å². The predicted octanol–water partition coefficient (Wildman–Crippen LogP) is 2.94. The third-order valence-corrected chi connectivity index (χ3v) is 5.57. The van der Waals surface area contributed by atoms with Gasteiger partial charge in [-0.15, -0.1) is 0 Å². The Morgan fingerprint density at radius 3 is 1.96 bits per heavy atom. The molecular formula is C16H26F3N3O. The lowest BCUT2D eigenvalue weighted by Gasteiger charge is -2.47. The van der Waals surface area contributed by atoms with Crippen LogP contribution in [0.1, 0.15) is 40.0 Å². The molecule has 3 aliphatic heterocycles. The molecule has 3 heterocycles. The normalized spacial score (nSPS) is 32.7. The van der Waals surface area contributed by atoms with Gasteiger partial charge >= 0.3 is 12.2 Å². The number of carbonyl (C=O) groups is 1. The molecule has 0 aliphatic carbocycles. The number of nitrogens with zero attached hydrogens (tertiary/aromatic N) is 3. The van der Waals surface area contributed by atoms with Crippen molar-refractivity contribution in [3.05, 3.63) is 0 Å². The van der Waals surface area contributed by atoms with Gasteiger partial charge in [0.2, 0.25) is 0 Å². The van der Waals surface area contributed by atoms with Crippen LogP contribution in [0.5, 0.6) is 0 Å². The lowest BCUT2D eigenvalue weighted by molar-refractivity contribution is -0.170. The third kappa shape index (κ3) is 3.16. The molecule has 7 heteroatoms. The molecule has 3 saturated heterocycles. The average molecular weight is 333 g/mol. The Morgan fingerprint density at radius 1 is 0.957 bits per heavy atom. The quantitative estimate of drug-likeness (QED) is 0.681. The summed E-state index contributed by atoms with van der Waals surface area (Å²) in [5.41, 5.74) is 0.0605. The van der Waals surface area contributed by atoms with Gasteiger partial charge in [-0.3, -0.25) is 4.90 Å². The van der Waals surface area contributed by atoms with Crippen LogP contribution < -0.4 is 0 Å². The third-order valence-electron chi connectivity index (χ3n) is 5.57. The molecule has 0 N–H and O–H groups in total. The zero-order valence-corrected chi connectivity index (χ0v) is 14.1. The summed E-state index contributed by atoms with van der Waals surface area (Å²) in [5.74, 6) is -1.36. The molecule has 23 heavy (non-hydrogen) atoms. The van der Waals surface area contributed by atoms with E-state index >= 15 is 0 Å².